The predicted molar refractivity (Wildman–Crippen MR) is 72.5 cm³/mol. The lowest BCUT2D eigenvalue weighted by Crippen LogP contribution is -2.28. The lowest BCUT2D eigenvalue weighted by atomic mass is 10.2. The normalized spacial score (nSPS) is 11.4. The Labute approximate surface area is 116 Å². The Balaban J connectivity index is 2.35. The molecule has 2 N–H and O–H groups in total. The number of halogens is 3. The van der Waals surface area contributed by atoms with Crippen LogP contribution in [0.1, 0.15) is 31.7 Å². The topological polar surface area (TPSA) is 41.1 Å². The molecule has 112 valence electrons. The average molecular weight is 288 g/mol. The number of amides is 1. The van der Waals surface area contributed by atoms with Crippen molar-refractivity contribution in [3.8, 4) is 0 Å². The molecule has 0 unspecified atom stereocenters. The van der Waals surface area contributed by atoms with Gasteiger partial charge in [0.25, 0.3) is 0 Å². The van der Waals surface area contributed by atoms with Crippen LogP contribution in [-0.2, 0) is 11.0 Å². The predicted octanol–water partition coefficient (Wildman–Crippen LogP) is 3.42. The van der Waals surface area contributed by atoms with Crippen LogP contribution in [-0.4, -0.2) is 19.0 Å². The number of alkyl halides is 3. The first-order chi connectivity index (χ1) is 9.43. The van der Waals surface area contributed by atoms with E-state index in [2.05, 4.69) is 17.6 Å². The second kappa shape index (κ2) is 7.89. The smallest absolute Gasteiger partial charge is 0.325 e. The Morgan fingerprint density at radius 1 is 1.15 bits per heavy atom. The van der Waals surface area contributed by atoms with E-state index in [1.807, 2.05) is 0 Å². The van der Waals surface area contributed by atoms with Crippen molar-refractivity contribution >= 4 is 11.6 Å². The van der Waals surface area contributed by atoms with E-state index in [9.17, 15) is 18.0 Å². The lowest BCUT2D eigenvalue weighted by Gasteiger charge is -2.09. The molecule has 1 aromatic rings. The van der Waals surface area contributed by atoms with E-state index in [1.165, 1.54) is 12.1 Å². The van der Waals surface area contributed by atoms with Crippen molar-refractivity contribution in [3.63, 3.8) is 0 Å². The summed E-state index contributed by atoms with van der Waals surface area (Å²) in [5.41, 5.74) is -0.369. The summed E-state index contributed by atoms with van der Waals surface area (Å²) >= 11 is 0. The Morgan fingerprint density at radius 2 is 1.80 bits per heavy atom. The van der Waals surface area contributed by atoms with Crippen molar-refractivity contribution < 1.29 is 18.0 Å². The summed E-state index contributed by atoms with van der Waals surface area (Å²) in [5.74, 6) is -0.263. The summed E-state index contributed by atoms with van der Waals surface area (Å²) < 4.78 is 37.1. The van der Waals surface area contributed by atoms with Crippen LogP contribution in [0.2, 0.25) is 0 Å². The molecule has 1 amide bonds. The van der Waals surface area contributed by atoms with E-state index in [0.29, 0.717) is 5.69 Å². The minimum Gasteiger partial charge on any atom is -0.325 e. The standard InChI is InChI=1S/C14H19F3N2O/c1-2-3-4-9-18-10-13(20)19-12-7-5-11(6-8-12)14(15,16)17/h5-8,18H,2-4,9-10H2,1H3,(H,19,20). The molecular weight excluding hydrogens is 269 g/mol. The first-order valence-corrected chi connectivity index (χ1v) is 6.61. The largest absolute Gasteiger partial charge is 0.416 e. The molecule has 1 aromatic carbocycles. The molecule has 0 saturated carbocycles. The van der Waals surface area contributed by atoms with Gasteiger partial charge in [-0.25, -0.2) is 0 Å². The second-order valence-electron chi connectivity index (χ2n) is 4.51. The van der Waals surface area contributed by atoms with Crippen LogP contribution >= 0.6 is 0 Å². The van der Waals surface area contributed by atoms with Crippen molar-refractivity contribution in [2.24, 2.45) is 0 Å². The summed E-state index contributed by atoms with van der Waals surface area (Å²) in [4.78, 5) is 11.5. The van der Waals surface area contributed by atoms with Gasteiger partial charge < -0.3 is 10.6 Å². The van der Waals surface area contributed by atoms with Gasteiger partial charge in [0.1, 0.15) is 0 Å². The Morgan fingerprint density at radius 3 is 2.35 bits per heavy atom. The molecule has 0 aliphatic carbocycles. The molecule has 0 bridgehead atoms. The van der Waals surface area contributed by atoms with Crippen LogP contribution in [0.25, 0.3) is 0 Å². The van der Waals surface area contributed by atoms with Gasteiger partial charge in [-0.1, -0.05) is 19.8 Å². The van der Waals surface area contributed by atoms with Crippen LogP contribution in [0.5, 0.6) is 0 Å². The second-order valence-corrected chi connectivity index (χ2v) is 4.51. The van der Waals surface area contributed by atoms with Crippen LogP contribution in [0.15, 0.2) is 24.3 Å². The highest BCUT2D eigenvalue weighted by Gasteiger charge is 2.29. The zero-order valence-corrected chi connectivity index (χ0v) is 11.4. The highest BCUT2D eigenvalue weighted by molar-refractivity contribution is 5.92. The molecule has 0 fully saturated rings. The number of benzene rings is 1. The van der Waals surface area contributed by atoms with E-state index in [1.54, 1.807) is 0 Å². The van der Waals surface area contributed by atoms with Crippen molar-refractivity contribution in [2.75, 3.05) is 18.4 Å². The summed E-state index contributed by atoms with van der Waals surface area (Å²) in [5, 5.41) is 5.53. The SMILES string of the molecule is CCCCCNCC(=O)Nc1ccc(C(F)(F)F)cc1. The van der Waals surface area contributed by atoms with Gasteiger partial charge in [0.05, 0.1) is 12.1 Å². The Hall–Kier alpha value is -1.56. The van der Waals surface area contributed by atoms with Gasteiger partial charge in [0.2, 0.25) is 5.91 Å². The molecule has 20 heavy (non-hydrogen) atoms. The molecule has 0 aliphatic heterocycles. The average Bonchev–Trinajstić information content (AvgIpc) is 2.38. The molecule has 0 aliphatic rings. The zero-order valence-electron chi connectivity index (χ0n) is 11.4. The third kappa shape index (κ3) is 6.06. The molecule has 0 spiro atoms. The van der Waals surface area contributed by atoms with E-state index >= 15 is 0 Å². The zero-order chi connectivity index (χ0) is 15.0. The number of nitrogens with one attached hydrogen (secondary N) is 2. The lowest BCUT2D eigenvalue weighted by molar-refractivity contribution is -0.137. The van der Waals surface area contributed by atoms with Gasteiger partial charge in [0.15, 0.2) is 0 Å². The fourth-order valence-electron chi connectivity index (χ4n) is 1.65. The molecule has 0 aromatic heterocycles. The Bertz CT molecular complexity index is 415. The van der Waals surface area contributed by atoms with Crippen molar-refractivity contribution in [2.45, 2.75) is 32.4 Å². The van der Waals surface area contributed by atoms with E-state index in [-0.39, 0.29) is 12.5 Å². The van der Waals surface area contributed by atoms with Gasteiger partial charge in [-0.3, -0.25) is 4.79 Å². The van der Waals surface area contributed by atoms with Gasteiger partial charge in [-0.05, 0) is 37.2 Å². The third-order valence-electron chi connectivity index (χ3n) is 2.74. The number of rotatable bonds is 7. The molecule has 0 heterocycles. The van der Waals surface area contributed by atoms with Crippen LogP contribution in [0.3, 0.4) is 0 Å². The summed E-state index contributed by atoms with van der Waals surface area (Å²) in [6.45, 7) is 3.01. The van der Waals surface area contributed by atoms with E-state index in [0.717, 1.165) is 37.9 Å². The molecule has 3 nitrogen and oxygen atoms in total. The van der Waals surface area contributed by atoms with Gasteiger partial charge in [-0.15, -0.1) is 0 Å². The highest BCUT2D eigenvalue weighted by Crippen LogP contribution is 2.29. The maximum atomic E-state index is 12.4. The fraction of sp³-hybridized carbons (Fsp3) is 0.500. The van der Waals surface area contributed by atoms with E-state index in [4.69, 9.17) is 0 Å². The molecule has 0 radical (unpaired) electrons. The summed E-state index contributed by atoms with van der Waals surface area (Å²) in [6, 6.07) is 4.39. The van der Waals surface area contributed by atoms with Gasteiger partial charge in [0, 0.05) is 5.69 Å². The monoisotopic (exact) mass is 288 g/mol. The number of unbranched alkanes of at least 4 members (excludes halogenated alkanes) is 2. The first-order valence-electron chi connectivity index (χ1n) is 6.61. The van der Waals surface area contributed by atoms with Gasteiger partial charge in [-0.2, -0.15) is 13.2 Å². The van der Waals surface area contributed by atoms with Crippen molar-refractivity contribution in [1.82, 2.24) is 5.32 Å². The molecular formula is C14H19F3N2O. The molecule has 6 heteroatoms. The van der Waals surface area contributed by atoms with E-state index < -0.39 is 11.7 Å². The van der Waals surface area contributed by atoms with Crippen LogP contribution < -0.4 is 10.6 Å². The number of anilines is 1. The minimum absolute atomic E-state index is 0.157. The number of carbonyl (C=O) groups is 1. The quantitative estimate of drug-likeness (QED) is 0.755. The first kappa shape index (κ1) is 16.5. The summed E-state index contributed by atoms with van der Waals surface area (Å²) in [6.07, 6.45) is -1.14. The number of carbonyl (C=O) groups excluding carboxylic acids is 1. The highest BCUT2D eigenvalue weighted by atomic mass is 19.4. The molecule has 0 atom stereocenters. The minimum atomic E-state index is -4.36. The maximum absolute atomic E-state index is 12.4. The van der Waals surface area contributed by atoms with Crippen molar-refractivity contribution in [1.29, 1.82) is 0 Å². The molecule has 1 rings (SSSR count). The van der Waals surface area contributed by atoms with Crippen LogP contribution in [0.4, 0.5) is 18.9 Å². The summed E-state index contributed by atoms with van der Waals surface area (Å²) in [7, 11) is 0. The molecule has 0 saturated heterocycles. The number of hydrogen-bond acceptors (Lipinski definition) is 2. The fourth-order valence-corrected chi connectivity index (χ4v) is 1.65. The number of hydrogen-bond donors (Lipinski definition) is 2. The van der Waals surface area contributed by atoms with Crippen LogP contribution in [0, 0.1) is 0 Å². The van der Waals surface area contributed by atoms with Gasteiger partial charge >= 0.3 is 6.18 Å². The van der Waals surface area contributed by atoms with Crippen molar-refractivity contribution in [3.05, 3.63) is 29.8 Å². The third-order valence-corrected chi connectivity index (χ3v) is 2.74. The Kier molecular flexibility index (Phi) is 6.51. The maximum Gasteiger partial charge on any atom is 0.416 e.